The van der Waals surface area contributed by atoms with Crippen LogP contribution in [-0.4, -0.2) is 32.4 Å². The molecule has 0 aliphatic heterocycles. The van der Waals surface area contributed by atoms with Gasteiger partial charge in [0.05, 0.1) is 5.75 Å². The Morgan fingerprint density at radius 3 is 2.30 bits per heavy atom. The van der Waals surface area contributed by atoms with Gasteiger partial charge in [-0.3, -0.25) is 14.3 Å². The first-order valence-corrected chi connectivity index (χ1v) is 10.3. The molecule has 0 aliphatic carbocycles. The molecule has 0 heterocycles. The summed E-state index contributed by atoms with van der Waals surface area (Å²) in [4.78, 5) is 24.0. The standard InChI is InChI=1S/C20H24N2O4S/c1-15-8-9-17(14-16(15)2)19(23)10-11-20(24)21-12-13-27(25,26)22-18-6-4-3-5-7-18/h3-9,14,22H,10-13H2,1-2H3,(H,21,24). The number of rotatable bonds is 9. The lowest BCUT2D eigenvalue weighted by molar-refractivity contribution is -0.120. The highest BCUT2D eigenvalue weighted by Crippen LogP contribution is 2.12. The number of anilines is 1. The smallest absolute Gasteiger partial charge is 0.234 e. The van der Waals surface area contributed by atoms with Crippen molar-refractivity contribution < 1.29 is 18.0 Å². The highest BCUT2D eigenvalue weighted by molar-refractivity contribution is 7.92. The van der Waals surface area contributed by atoms with Crippen molar-refractivity contribution in [2.45, 2.75) is 26.7 Å². The van der Waals surface area contributed by atoms with E-state index in [1.807, 2.05) is 26.0 Å². The van der Waals surface area contributed by atoms with E-state index in [0.717, 1.165) is 11.1 Å². The molecule has 144 valence electrons. The molecule has 0 atom stereocenters. The molecular formula is C20H24N2O4S. The van der Waals surface area contributed by atoms with E-state index >= 15 is 0 Å². The van der Waals surface area contributed by atoms with E-state index in [1.165, 1.54) is 0 Å². The van der Waals surface area contributed by atoms with Gasteiger partial charge in [-0.25, -0.2) is 8.42 Å². The Hall–Kier alpha value is -2.67. The van der Waals surface area contributed by atoms with Crippen LogP contribution in [0.25, 0.3) is 0 Å². The fraction of sp³-hybridized carbons (Fsp3) is 0.300. The van der Waals surface area contributed by atoms with Gasteiger partial charge in [-0.15, -0.1) is 0 Å². The molecule has 0 saturated heterocycles. The predicted molar refractivity (Wildman–Crippen MR) is 106 cm³/mol. The average Bonchev–Trinajstić information content (AvgIpc) is 2.62. The zero-order valence-corrected chi connectivity index (χ0v) is 16.3. The van der Waals surface area contributed by atoms with Gasteiger partial charge in [-0.1, -0.05) is 30.3 Å². The van der Waals surface area contributed by atoms with Crippen LogP contribution in [0.2, 0.25) is 0 Å². The van der Waals surface area contributed by atoms with Crippen molar-refractivity contribution in [3.05, 3.63) is 65.2 Å². The van der Waals surface area contributed by atoms with Crippen LogP contribution < -0.4 is 10.0 Å². The quantitative estimate of drug-likeness (QED) is 0.646. The molecule has 2 aromatic carbocycles. The first-order chi connectivity index (χ1) is 12.8. The van der Waals surface area contributed by atoms with E-state index in [9.17, 15) is 18.0 Å². The lowest BCUT2D eigenvalue weighted by atomic mass is 10.0. The van der Waals surface area contributed by atoms with Crippen LogP contribution in [0, 0.1) is 13.8 Å². The highest BCUT2D eigenvalue weighted by Gasteiger charge is 2.13. The monoisotopic (exact) mass is 388 g/mol. The zero-order valence-electron chi connectivity index (χ0n) is 15.5. The van der Waals surface area contributed by atoms with Crippen LogP contribution in [0.15, 0.2) is 48.5 Å². The summed E-state index contributed by atoms with van der Waals surface area (Å²) in [5.74, 6) is -0.688. The number of amides is 1. The van der Waals surface area contributed by atoms with Gasteiger partial charge >= 0.3 is 0 Å². The number of nitrogens with one attached hydrogen (secondary N) is 2. The summed E-state index contributed by atoms with van der Waals surface area (Å²) >= 11 is 0. The van der Waals surface area contributed by atoms with Gasteiger partial charge in [0.15, 0.2) is 5.78 Å². The lowest BCUT2D eigenvalue weighted by Gasteiger charge is -2.09. The Morgan fingerprint density at radius 2 is 1.63 bits per heavy atom. The molecule has 0 bridgehead atoms. The summed E-state index contributed by atoms with van der Waals surface area (Å²) in [5.41, 5.74) is 3.19. The number of para-hydroxylation sites is 1. The summed E-state index contributed by atoms with van der Waals surface area (Å²) in [6.45, 7) is 3.89. The second kappa shape index (κ2) is 9.32. The SMILES string of the molecule is Cc1ccc(C(=O)CCC(=O)NCCS(=O)(=O)Nc2ccccc2)cc1C. The zero-order chi connectivity index (χ0) is 19.9. The highest BCUT2D eigenvalue weighted by atomic mass is 32.2. The van der Waals surface area contributed by atoms with Crippen molar-refractivity contribution in [3.63, 3.8) is 0 Å². The topological polar surface area (TPSA) is 92.3 Å². The molecular weight excluding hydrogens is 364 g/mol. The fourth-order valence-corrected chi connectivity index (χ4v) is 3.40. The maximum atomic E-state index is 12.2. The number of Topliss-reactive ketones (excluding diaryl/α,β-unsaturated/α-hetero) is 1. The van der Waals surface area contributed by atoms with Gasteiger partial charge in [0.1, 0.15) is 0 Å². The van der Waals surface area contributed by atoms with Gasteiger partial charge in [0, 0.05) is 30.6 Å². The second-order valence-corrected chi connectivity index (χ2v) is 8.20. The van der Waals surface area contributed by atoms with Crippen LogP contribution >= 0.6 is 0 Å². The summed E-state index contributed by atoms with van der Waals surface area (Å²) in [7, 11) is -3.55. The van der Waals surface area contributed by atoms with Gasteiger partial charge in [-0.2, -0.15) is 0 Å². The maximum Gasteiger partial charge on any atom is 0.234 e. The number of hydrogen-bond donors (Lipinski definition) is 2. The average molecular weight is 388 g/mol. The molecule has 0 spiro atoms. The summed E-state index contributed by atoms with van der Waals surface area (Å²) in [5, 5.41) is 2.54. The van der Waals surface area contributed by atoms with Crippen molar-refractivity contribution in [1.82, 2.24) is 5.32 Å². The molecule has 2 rings (SSSR count). The van der Waals surface area contributed by atoms with Crippen LogP contribution in [-0.2, 0) is 14.8 Å². The van der Waals surface area contributed by atoms with Crippen LogP contribution in [0.4, 0.5) is 5.69 Å². The second-order valence-electron chi connectivity index (χ2n) is 6.36. The first-order valence-electron chi connectivity index (χ1n) is 8.69. The fourth-order valence-electron chi connectivity index (χ4n) is 2.44. The van der Waals surface area contributed by atoms with Crippen LogP contribution in [0.3, 0.4) is 0 Å². The molecule has 0 aromatic heterocycles. The van der Waals surface area contributed by atoms with E-state index in [0.29, 0.717) is 11.3 Å². The molecule has 6 nitrogen and oxygen atoms in total. The van der Waals surface area contributed by atoms with E-state index in [-0.39, 0.29) is 36.8 Å². The van der Waals surface area contributed by atoms with Gasteiger partial charge in [0.25, 0.3) is 0 Å². The van der Waals surface area contributed by atoms with E-state index in [4.69, 9.17) is 0 Å². The molecule has 0 radical (unpaired) electrons. The molecule has 2 N–H and O–H groups in total. The van der Waals surface area contributed by atoms with Gasteiger partial charge in [-0.05, 0) is 43.2 Å². The van der Waals surface area contributed by atoms with Gasteiger partial charge < -0.3 is 5.32 Å². The normalized spacial score (nSPS) is 11.0. The first kappa shape index (κ1) is 20.6. The Labute approximate surface area is 160 Å². The maximum absolute atomic E-state index is 12.2. The van der Waals surface area contributed by atoms with E-state index in [2.05, 4.69) is 10.0 Å². The number of aryl methyl sites for hydroxylation is 2. The molecule has 7 heteroatoms. The molecule has 1 amide bonds. The summed E-state index contributed by atoms with van der Waals surface area (Å²) in [6, 6.07) is 14.0. The molecule has 0 saturated carbocycles. The predicted octanol–water partition coefficient (Wildman–Crippen LogP) is 2.82. The van der Waals surface area contributed by atoms with Gasteiger partial charge in [0.2, 0.25) is 15.9 Å². The number of carbonyl (C=O) groups is 2. The third-order valence-corrected chi connectivity index (χ3v) is 5.44. The molecule has 2 aromatic rings. The largest absolute Gasteiger partial charge is 0.355 e. The number of hydrogen-bond acceptors (Lipinski definition) is 4. The Kier molecular flexibility index (Phi) is 7.12. The Bertz CT molecular complexity index is 909. The minimum Gasteiger partial charge on any atom is -0.355 e. The van der Waals surface area contributed by atoms with Crippen molar-refractivity contribution in [2.24, 2.45) is 0 Å². The third kappa shape index (κ3) is 6.86. The summed E-state index contributed by atoms with van der Waals surface area (Å²) < 4.78 is 26.4. The Morgan fingerprint density at radius 1 is 0.926 bits per heavy atom. The van der Waals surface area contributed by atoms with E-state index < -0.39 is 10.0 Å². The molecule has 0 fully saturated rings. The minimum absolute atomic E-state index is 0.0150. The van der Waals surface area contributed by atoms with Crippen molar-refractivity contribution in [3.8, 4) is 0 Å². The number of sulfonamides is 1. The number of benzene rings is 2. The summed E-state index contributed by atoms with van der Waals surface area (Å²) in [6.07, 6.45) is 0.112. The van der Waals surface area contributed by atoms with Crippen molar-refractivity contribution in [2.75, 3.05) is 17.0 Å². The number of ketones is 1. The lowest BCUT2D eigenvalue weighted by Crippen LogP contribution is -2.31. The van der Waals surface area contributed by atoms with Crippen molar-refractivity contribution >= 4 is 27.4 Å². The molecule has 0 unspecified atom stereocenters. The third-order valence-electron chi connectivity index (χ3n) is 4.15. The minimum atomic E-state index is -3.55. The molecule has 0 aliphatic rings. The molecule has 27 heavy (non-hydrogen) atoms. The van der Waals surface area contributed by atoms with Crippen molar-refractivity contribution in [1.29, 1.82) is 0 Å². The van der Waals surface area contributed by atoms with Crippen LogP contribution in [0.1, 0.15) is 34.3 Å². The number of carbonyl (C=O) groups excluding carboxylic acids is 2. The van der Waals surface area contributed by atoms with Crippen LogP contribution in [0.5, 0.6) is 0 Å². The Balaban J connectivity index is 1.74. The van der Waals surface area contributed by atoms with E-state index in [1.54, 1.807) is 36.4 Å².